The summed E-state index contributed by atoms with van der Waals surface area (Å²) in [6.07, 6.45) is 0.368. The molecule has 118 valence electrons. The van der Waals surface area contributed by atoms with Gasteiger partial charge in [0.2, 0.25) is 15.8 Å². The summed E-state index contributed by atoms with van der Waals surface area (Å²) >= 11 is 2.88. The van der Waals surface area contributed by atoms with E-state index >= 15 is 0 Å². The van der Waals surface area contributed by atoms with Gasteiger partial charge in [0.25, 0.3) is 0 Å². The first-order valence-corrected chi connectivity index (χ1v) is 7.99. The molecule has 0 radical (unpaired) electrons. The first-order chi connectivity index (χ1) is 9.70. The fourth-order valence-electron chi connectivity index (χ4n) is 1.47. The van der Waals surface area contributed by atoms with Crippen LogP contribution in [0.15, 0.2) is 20.0 Å². The van der Waals surface area contributed by atoms with Crippen LogP contribution in [0.5, 0.6) is 0 Å². The second-order valence-corrected chi connectivity index (χ2v) is 6.79. The van der Waals surface area contributed by atoms with E-state index < -0.39 is 27.7 Å². The van der Waals surface area contributed by atoms with Gasteiger partial charge in [0, 0.05) is 26.1 Å². The molecule has 1 aromatic heterocycles. The van der Waals surface area contributed by atoms with Crippen LogP contribution >= 0.6 is 15.9 Å². The van der Waals surface area contributed by atoms with Crippen LogP contribution in [0, 0.1) is 0 Å². The molecule has 8 nitrogen and oxygen atoms in total. The Balaban J connectivity index is 2.85. The Morgan fingerprint density at radius 1 is 1.48 bits per heavy atom. The number of halogens is 1. The molecule has 0 atom stereocenters. The van der Waals surface area contributed by atoms with Crippen molar-refractivity contribution in [3.63, 3.8) is 0 Å². The lowest BCUT2D eigenvalue weighted by atomic mass is 10.3. The maximum absolute atomic E-state index is 12.3. The Hall–Kier alpha value is -1.39. The van der Waals surface area contributed by atoms with E-state index in [1.54, 1.807) is 0 Å². The molecule has 0 aromatic carbocycles. The molecular weight excluding hydrogens is 370 g/mol. The SMILES string of the molecule is COC(=O)CCCN(C)S(=O)(=O)c1cc(C(=O)O)oc1Br. The number of carbonyl (C=O) groups is 2. The number of carboxylic acid groups (broad SMARTS) is 1. The van der Waals surface area contributed by atoms with Gasteiger partial charge in [-0.15, -0.1) is 0 Å². The summed E-state index contributed by atoms with van der Waals surface area (Å²) in [5.41, 5.74) is 0. The standard InChI is InChI=1S/C11H14BrNO7S/c1-13(5-3-4-9(14)19-2)21(17,18)8-6-7(11(15)16)20-10(8)12/h6H,3-5H2,1-2H3,(H,15,16). The zero-order chi connectivity index (χ0) is 16.2. The topological polar surface area (TPSA) is 114 Å². The molecule has 0 spiro atoms. The lowest BCUT2D eigenvalue weighted by molar-refractivity contribution is -0.140. The number of carboxylic acids is 1. The van der Waals surface area contributed by atoms with Gasteiger partial charge >= 0.3 is 11.9 Å². The van der Waals surface area contributed by atoms with E-state index in [-0.39, 0.29) is 29.0 Å². The van der Waals surface area contributed by atoms with Crippen molar-refractivity contribution in [2.24, 2.45) is 0 Å². The monoisotopic (exact) mass is 383 g/mol. The van der Waals surface area contributed by atoms with Crippen LogP contribution in [0.25, 0.3) is 0 Å². The van der Waals surface area contributed by atoms with E-state index in [1.165, 1.54) is 14.2 Å². The molecule has 0 aliphatic heterocycles. The van der Waals surface area contributed by atoms with E-state index in [2.05, 4.69) is 20.7 Å². The maximum Gasteiger partial charge on any atom is 0.371 e. The van der Waals surface area contributed by atoms with Crippen molar-refractivity contribution in [3.8, 4) is 0 Å². The minimum absolute atomic E-state index is 0.0808. The lowest BCUT2D eigenvalue weighted by Gasteiger charge is -2.15. The summed E-state index contributed by atoms with van der Waals surface area (Å²) in [6.45, 7) is 0.0808. The number of rotatable bonds is 7. The van der Waals surface area contributed by atoms with E-state index in [4.69, 9.17) is 9.52 Å². The molecule has 0 saturated heterocycles. The van der Waals surface area contributed by atoms with Gasteiger partial charge in [-0.3, -0.25) is 4.79 Å². The molecule has 0 fully saturated rings. The maximum atomic E-state index is 12.3. The van der Waals surface area contributed by atoms with Gasteiger partial charge in [-0.1, -0.05) is 0 Å². The Labute approximate surface area is 129 Å². The summed E-state index contributed by atoms with van der Waals surface area (Å²) in [6, 6.07) is 0.929. The van der Waals surface area contributed by atoms with Crippen LogP contribution in [0.3, 0.4) is 0 Å². The van der Waals surface area contributed by atoms with Gasteiger partial charge in [0.15, 0.2) is 4.67 Å². The zero-order valence-electron chi connectivity index (χ0n) is 11.3. The molecule has 0 saturated carbocycles. The van der Waals surface area contributed by atoms with Crippen LogP contribution < -0.4 is 0 Å². The molecule has 0 bridgehead atoms. The van der Waals surface area contributed by atoms with Gasteiger partial charge in [-0.05, 0) is 22.4 Å². The average molecular weight is 384 g/mol. The third-order valence-corrected chi connectivity index (χ3v) is 5.35. The Kier molecular flexibility index (Phi) is 5.93. The summed E-state index contributed by atoms with van der Waals surface area (Å²) in [5, 5.41) is 8.78. The smallest absolute Gasteiger partial charge is 0.371 e. The summed E-state index contributed by atoms with van der Waals surface area (Å²) < 4.78 is 34.6. The fourth-order valence-corrected chi connectivity index (χ4v) is 3.58. The highest BCUT2D eigenvalue weighted by Gasteiger charge is 2.28. The molecule has 0 aliphatic rings. The van der Waals surface area contributed by atoms with Crippen LogP contribution in [0.2, 0.25) is 0 Å². The highest BCUT2D eigenvalue weighted by atomic mass is 79.9. The van der Waals surface area contributed by atoms with Gasteiger partial charge in [0.05, 0.1) is 7.11 Å². The average Bonchev–Trinajstić information content (AvgIpc) is 2.81. The number of hydrogen-bond acceptors (Lipinski definition) is 6. The van der Waals surface area contributed by atoms with Crippen molar-refractivity contribution in [2.75, 3.05) is 20.7 Å². The Morgan fingerprint density at radius 3 is 2.57 bits per heavy atom. The normalized spacial score (nSPS) is 11.6. The minimum Gasteiger partial charge on any atom is -0.475 e. The van der Waals surface area contributed by atoms with E-state index in [0.717, 1.165) is 10.4 Å². The number of aromatic carboxylic acids is 1. The summed E-state index contributed by atoms with van der Waals surface area (Å²) in [5.74, 6) is -2.28. The molecule has 1 N–H and O–H groups in total. The zero-order valence-corrected chi connectivity index (χ0v) is 13.7. The fraction of sp³-hybridized carbons (Fsp3) is 0.455. The highest BCUT2D eigenvalue weighted by molar-refractivity contribution is 9.10. The first-order valence-electron chi connectivity index (χ1n) is 5.76. The number of nitrogens with zero attached hydrogens (tertiary/aromatic N) is 1. The number of hydrogen-bond donors (Lipinski definition) is 1. The van der Waals surface area contributed by atoms with Crippen LogP contribution in [-0.4, -0.2) is 50.5 Å². The number of furan rings is 1. The quantitative estimate of drug-likeness (QED) is 0.705. The molecular formula is C11H14BrNO7S. The Morgan fingerprint density at radius 2 is 2.10 bits per heavy atom. The van der Waals surface area contributed by atoms with Gasteiger partial charge in [-0.2, -0.15) is 0 Å². The van der Waals surface area contributed by atoms with Crippen molar-refractivity contribution in [1.29, 1.82) is 0 Å². The first kappa shape index (κ1) is 17.7. The van der Waals surface area contributed by atoms with Crippen molar-refractivity contribution in [2.45, 2.75) is 17.7 Å². The second kappa shape index (κ2) is 7.05. The second-order valence-electron chi connectivity index (χ2n) is 4.06. The molecule has 1 rings (SSSR count). The number of sulfonamides is 1. The molecule has 0 aliphatic carbocycles. The third-order valence-electron chi connectivity index (χ3n) is 2.64. The molecule has 0 amide bonds. The Bertz CT molecular complexity index is 637. The number of ether oxygens (including phenoxy) is 1. The van der Waals surface area contributed by atoms with Crippen LogP contribution in [0.4, 0.5) is 0 Å². The van der Waals surface area contributed by atoms with Gasteiger partial charge in [0.1, 0.15) is 4.90 Å². The van der Waals surface area contributed by atoms with E-state index in [0.29, 0.717) is 0 Å². The van der Waals surface area contributed by atoms with E-state index in [9.17, 15) is 18.0 Å². The van der Waals surface area contributed by atoms with Gasteiger partial charge in [-0.25, -0.2) is 17.5 Å². The molecule has 0 unspecified atom stereocenters. The van der Waals surface area contributed by atoms with Crippen molar-refractivity contribution < 1.29 is 32.3 Å². The largest absolute Gasteiger partial charge is 0.475 e. The molecule has 21 heavy (non-hydrogen) atoms. The number of carbonyl (C=O) groups excluding carboxylic acids is 1. The van der Waals surface area contributed by atoms with Crippen molar-refractivity contribution in [3.05, 3.63) is 16.5 Å². The lowest BCUT2D eigenvalue weighted by Crippen LogP contribution is -2.28. The molecule has 1 aromatic rings. The minimum atomic E-state index is -3.91. The summed E-state index contributed by atoms with van der Waals surface area (Å²) in [7, 11) is -1.34. The van der Waals surface area contributed by atoms with Crippen molar-refractivity contribution in [1.82, 2.24) is 4.31 Å². The highest BCUT2D eigenvalue weighted by Crippen LogP contribution is 2.28. The van der Waals surface area contributed by atoms with Crippen molar-refractivity contribution >= 4 is 37.9 Å². The van der Waals surface area contributed by atoms with E-state index in [1.807, 2.05) is 0 Å². The van der Waals surface area contributed by atoms with Crippen LogP contribution in [0.1, 0.15) is 23.4 Å². The molecule has 10 heteroatoms. The predicted molar refractivity (Wildman–Crippen MR) is 74.4 cm³/mol. The number of methoxy groups -OCH3 is 1. The van der Waals surface area contributed by atoms with Crippen LogP contribution in [-0.2, 0) is 19.6 Å². The predicted octanol–water partition coefficient (Wildman–Crippen LogP) is 1.31. The van der Waals surface area contributed by atoms with Gasteiger partial charge < -0.3 is 14.3 Å². The number of esters is 1. The molecule has 1 heterocycles. The third kappa shape index (κ3) is 4.29. The summed E-state index contributed by atoms with van der Waals surface area (Å²) in [4.78, 5) is 21.5.